The van der Waals surface area contributed by atoms with Crippen molar-refractivity contribution in [2.45, 2.75) is 6.10 Å². The van der Waals surface area contributed by atoms with Gasteiger partial charge in [-0.3, -0.25) is 0 Å². The lowest BCUT2D eigenvalue weighted by atomic mass is 10.3. The summed E-state index contributed by atoms with van der Waals surface area (Å²) < 4.78 is 9.92. The topological polar surface area (TPSA) is 51.5 Å². The fourth-order valence-electron chi connectivity index (χ4n) is 1.05. The highest BCUT2D eigenvalue weighted by Gasteiger charge is 2.26. The Morgan fingerprint density at radius 1 is 1.58 bits per heavy atom. The molecular weight excluding hydrogens is 182 g/mol. The van der Waals surface area contributed by atoms with Gasteiger partial charge in [-0.25, -0.2) is 4.79 Å². The first kappa shape index (κ1) is 7.49. The van der Waals surface area contributed by atoms with Gasteiger partial charge in [-0.2, -0.15) is 0 Å². The SMILES string of the molecule is O=C1NCC(c2ccc(Cl)o2)O1. The van der Waals surface area contributed by atoms with E-state index in [-0.39, 0.29) is 6.10 Å². The molecule has 1 aromatic rings. The number of ether oxygens (including phenoxy) is 1. The highest BCUT2D eigenvalue weighted by Crippen LogP contribution is 2.24. The molecule has 64 valence electrons. The lowest BCUT2D eigenvalue weighted by molar-refractivity contribution is 0.129. The standard InChI is InChI=1S/C7H6ClNO3/c8-6-2-1-4(11-6)5-3-9-7(10)12-5/h1-2,5H,3H2,(H,9,10). The number of carbonyl (C=O) groups excluding carboxylic acids is 1. The van der Waals surface area contributed by atoms with Crippen molar-refractivity contribution in [3.63, 3.8) is 0 Å². The second-order valence-electron chi connectivity index (χ2n) is 2.42. The molecule has 0 spiro atoms. The highest BCUT2D eigenvalue weighted by molar-refractivity contribution is 6.28. The summed E-state index contributed by atoms with van der Waals surface area (Å²) in [5.41, 5.74) is 0. The second-order valence-corrected chi connectivity index (χ2v) is 2.79. The van der Waals surface area contributed by atoms with Crippen LogP contribution >= 0.6 is 11.6 Å². The Kier molecular flexibility index (Phi) is 1.69. The first-order valence-corrected chi connectivity index (χ1v) is 3.83. The predicted molar refractivity (Wildman–Crippen MR) is 40.9 cm³/mol. The average molecular weight is 188 g/mol. The molecule has 0 radical (unpaired) electrons. The minimum atomic E-state index is -0.424. The molecule has 1 saturated heterocycles. The summed E-state index contributed by atoms with van der Waals surface area (Å²) in [5.74, 6) is 0.568. The molecule has 0 bridgehead atoms. The molecular formula is C7H6ClNO3. The molecule has 4 nitrogen and oxygen atoms in total. The quantitative estimate of drug-likeness (QED) is 0.728. The van der Waals surface area contributed by atoms with E-state index in [4.69, 9.17) is 20.8 Å². The van der Waals surface area contributed by atoms with Gasteiger partial charge >= 0.3 is 6.09 Å². The van der Waals surface area contributed by atoms with Crippen molar-refractivity contribution in [3.8, 4) is 0 Å². The molecule has 1 aliphatic rings. The number of alkyl carbamates (subject to hydrolysis) is 1. The monoisotopic (exact) mass is 187 g/mol. The first-order chi connectivity index (χ1) is 5.75. The molecule has 1 fully saturated rings. The summed E-state index contributed by atoms with van der Waals surface area (Å²) >= 11 is 5.55. The van der Waals surface area contributed by atoms with Gasteiger partial charge in [0.05, 0.1) is 6.54 Å². The fraction of sp³-hybridized carbons (Fsp3) is 0.286. The van der Waals surface area contributed by atoms with Crippen LogP contribution in [0.4, 0.5) is 4.79 Å². The molecule has 1 atom stereocenters. The fourth-order valence-corrected chi connectivity index (χ4v) is 1.20. The Morgan fingerprint density at radius 3 is 2.92 bits per heavy atom. The van der Waals surface area contributed by atoms with E-state index in [2.05, 4.69) is 5.32 Å². The number of hydrogen-bond donors (Lipinski definition) is 1. The third kappa shape index (κ3) is 1.25. The van der Waals surface area contributed by atoms with E-state index in [1.165, 1.54) is 0 Å². The van der Waals surface area contributed by atoms with Crippen LogP contribution in [0.2, 0.25) is 5.22 Å². The zero-order valence-electron chi connectivity index (χ0n) is 6.04. The summed E-state index contributed by atoms with van der Waals surface area (Å²) in [7, 11) is 0. The largest absolute Gasteiger partial charge is 0.446 e. The molecule has 1 aliphatic heterocycles. The number of carbonyl (C=O) groups is 1. The number of amides is 1. The number of halogens is 1. The van der Waals surface area contributed by atoms with Crippen LogP contribution in [0, 0.1) is 0 Å². The Hall–Kier alpha value is -1.16. The van der Waals surface area contributed by atoms with E-state index in [9.17, 15) is 4.79 Å². The highest BCUT2D eigenvalue weighted by atomic mass is 35.5. The van der Waals surface area contributed by atoms with E-state index >= 15 is 0 Å². The van der Waals surface area contributed by atoms with Crippen molar-refractivity contribution in [1.29, 1.82) is 0 Å². The van der Waals surface area contributed by atoms with Crippen LogP contribution in [-0.2, 0) is 4.74 Å². The van der Waals surface area contributed by atoms with Crippen LogP contribution in [0.5, 0.6) is 0 Å². The van der Waals surface area contributed by atoms with Gasteiger partial charge in [0.2, 0.25) is 0 Å². The Labute approximate surface area is 73.4 Å². The van der Waals surface area contributed by atoms with E-state index < -0.39 is 6.09 Å². The molecule has 0 aliphatic carbocycles. The number of furan rings is 1. The first-order valence-electron chi connectivity index (χ1n) is 3.45. The lowest BCUT2D eigenvalue weighted by Crippen LogP contribution is -2.12. The zero-order chi connectivity index (χ0) is 8.55. The molecule has 0 aromatic carbocycles. The van der Waals surface area contributed by atoms with Crippen molar-refractivity contribution in [3.05, 3.63) is 23.1 Å². The summed E-state index contributed by atoms with van der Waals surface area (Å²) in [4.78, 5) is 10.6. The van der Waals surface area contributed by atoms with Gasteiger partial charge in [0.25, 0.3) is 0 Å². The van der Waals surface area contributed by atoms with Crippen LogP contribution in [0.1, 0.15) is 11.9 Å². The van der Waals surface area contributed by atoms with E-state index in [1.807, 2.05) is 0 Å². The van der Waals surface area contributed by atoms with Gasteiger partial charge in [0.1, 0.15) is 5.76 Å². The van der Waals surface area contributed by atoms with Gasteiger partial charge in [0, 0.05) is 0 Å². The molecule has 0 saturated carbocycles. The molecule has 1 aromatic heterocycles. The van der Waals surface area contributed by atoms with Crippen molar-refractivity contribution >= 4 is 17.7 Å². The maximum Gasteiger partial charge on any atom is 0.408 e. The molecule has 1 N–H and O–H groups in total. The number of cyclic esters (lactones) is 1. The smallest absolute Gasteiger partial charge is 0.408 e. The minimum absolute atomic E-state index is 0.299. The van der Waals surface area contributed by atoms with Gasteiger partial charge in [-0.1, -0.05) is 0 Å². The Morgan fingerprint density at radius 2 is 2.42 bits per heavy atom. The summed E-state index contributed by atoms with van der Waals surface area (Å²) in [5, 5.41) is 2.81. The molecule has 2 heterocycles. The van der Waals surface area contributed by atoms with E-state index in [0.29, 0.717) is 17.5 Å². The van der Waals surface area contributed by atoms with Crippen LogP contribution in [0.25, 0.3) is 0 Å². The van der Waals surface area contributed by atoms with Gasteiger partial charge in [-0.15, -0.1) is 0 Å². The predicted octanol–water partition coefficient (Wildman–Crippen LogP) is 1.71. The second kappa shape index (κ2) is 2.71. The third-order valence-electron chi connectivity index (χ3n) is 1.59. The van der Waals surface area contributed by atoms with Gasteiger partial charge < -0.3 is 14.5 Å². The van der Waals surface area contributed by atoms with Crippen molar-refractivity contribution in [2.24, 2.45) is 0 Å². The maximum atomic E-state index is 10.6. The summed E-state index contributed by atoms with van der Waals surface area (Å²) in [6, 6.07) is 3.30. The Balaban J connectivity index is 2.15. The van der Waals surface area contributed by atoms with Crippen LogP contribution in [-0.4, -0.2) is 12.6 Å². The molecule has 12 heavy (non-hydrogen) atoms. The average Bonchev–Trinajstić information content (AvgIpc) is 2.58. The number of nitrogens with one attached hydrogen (secondary N) is 1. The molecule has 5 heteroatoms. The van der Waals surface area contributed by atoms with Gasteiger partial charge in [0.15, 0.2) is 11.3 Å². The zero-order valence-corrected chi connectivity index (χ0v) is 6.80. The number of hydrogen-bond acceptors (Lipinski definition) is 3. The van der Waals surface area contributed by atoms with Crippen LogP contribution in [0.15, 0.2) is 16.5 Å². The number of rotatable bonds is 1. The normalized spacial score (nSPS) is 22.1. The molecule has 1 amide bonds. The Bertz CT molecular complexity index is 309. The van der Waals surface area contributed by atoms with E-state index in [0.717, 1.165) is 0 Å². The maximum absolute atomic E-state index is 10.6. The van der Waals surface area contributed by atoms with E-state index in [1.54, 1.807) is 12.1 Å². The van der Waals surface area contributed by atoms with Gasteiger partial charge in [-0.05, 0) is 23.7 Å². The van der Waals surface area contributed by atoms with Crippen molar-refractivity contribution in [2.75, 3.05) is 6.54 Å². The summed E-state index contributed by atoms with van der Waals surface area (Å²) in [6.07, 6.45) is -0.766. The van der Waals surface area contributed by atoms with Crippen molar-refractivity contribution < 1.29 is 13.9 Å². The summed E-state index contributed by atoms with van der Waals surface area (Å²) in [6.45, 7) is 0.433. The van der Waals surface area contributed by atoms with Crippen LogP contribution < -0.4 is 5.32 Å². The molecule has 2 rings (SSSR count). The molecule has 1 unspecified atom stereocenters. The third-order valence-corrected chi connectivity index (χ3v) is 1.80. The lowest BCUT2D eigenvalue weighted by Gasteiger charge is -2.01. The van der Waals surface area contributed by atoms with Crippen molar-refractivity contribution in [1.82, 2.24) is 5.32 Å². The minimum Gasteiger partial charge on any atom is -0.446 e. The van der Waals surface area contributed by atoms with Crippen LogP contribution in [0.3, 0.4) is 0 Å².